The smallest absolute Gasteiger partial charge is 0.251 e. The molecular formula is C23H31N3O3. The number of aryl methyl sites for hydroxylation is 1. The molecule has 0 radical (unpaired) electrons. The lowest BCUT2D eigenvalue weighted by atomic mass is 10.0. The van der Waals surface area contributed by atoms with E-state index in [1.165, 1.54) is 5.56 Å². The van der Waals surface area contributed by atoms with Gasteiger partial charge < -0.3 is 14.6 Å². The molecule has 6 heteroatoms. The molecule has 29 heavy (non-hydrogen) atoms. The molecular weight excluding hydrogens is 366 g/mol. The molecule has 6 nitrogen and oxygen atoms in total. The van der Waals surface area contributed by atoms with E-state index in [0.717, 1.165) is 74.9 Å². The fraction of sp³-hybridized carbons (Fsp3) is 0.565. The molecule has 2 atom stereocenters. The average molecular weight is 398 g/mol. The van der Waals surface area contributed by atoms with Gasteiger partial charge in [0.05, 0.1) is 12.0 Å². The molecule has 156 valence electrons. The lowest BCUT2D eigenvalue weighted by molar-refractivity contribution is -0.140. The normalized spacial score (nSPS) is 23.0. The van der Waals surface area contributed by atoms with Crippen molar-refractivity contribution in [2.24, 2.45) is 5.92 Å². The number of nitrogens with one attached hydrogen (secondary N) is 1. The second kappa shape index (κ2) is 8.67. The number of aromatic amines is 1. The number of benzene rings is 1. The standard InChI is InChI=1S/C23H31N3O3/c1-3-17-14-18-8-7-16(13-20(18)24-22(17)27)15-25-9-11-26(12-10-25)23(28)19-5-4-6-21(19)29-2/h7-8,13-14,19,21H,3-6,9-12,15H2,1-2H3,(H,24,27)/t19-,21+/m0/s1. The first-order valence-electron chi connectivity index (χ1n) is 10.8. The van der Waals surface area contributed by atoms with Crippen molar-refractivity contribution in [3.8, 4) is 0 Å². The highest BCUT2D eigenvalue weighted by atomic mass is 16.5. The largest absolute Gasteiger partial charge is 0.381 e. The minimum Gasteiger partial charge on any atom is -0.381 e. The Labute approximate surface area is 171 Å². The van der Waals surface area contributed by atoms with Crippen molar-refractivity contribution in [2.75, 3.05) is 33.3 Å². The monoisotopic (exact) mass is 397 g/mol. The Bertz CT molecular complexity index is 931. The Kier molecular flexibility index (Phi) is 6.01. The molecule has 2 fully saturated rings. The summed E-state index contributed by atoms with van der Waals surface area (Å²) in [5.41, 5.74) is 2.91. The number of hydrogen-bond acceptors (Lipinski definition) is 4. The summed E-state index contributed by atoms with van der Waals surface area (Å²) in [6.45, 7) is 6.13. The van der Waals surface area contributed by atoms with E-state index in [9.17, 15) is 9.59 Å². The Morgan fingerprint density at radius 2 is 1.97 bits per heavy atom. The number of ether oxygens (including phenoxy) is 1. The van der Waals surface area contributed by atoms with Crippen LogP contribution in [-0.4, -0.2) is 60.1 Å². The van der Waals surface area contributed by atoms with E-state index in [2.05, 4.69) is 28.1 Å². The molecule has 4 rings (SSSR count). The first kappa shape index (κ1) is 20.1. The number of H-pyrrole nitrogens is 1. The minimum absolute atomic E-state index is 0.00514. The lowest BCUT2D eigenvalue weighted by Gasteiger charge is -2.36. The van der Waals surface area contributed by atoms with Crippen molar-refractivity contribution in [3.63, 3.8) is 0 Å². The van der Waals surface area contributed by atoms with Gasteiger partial charge in [-0.1, -0.05) is 19.1 Å². The summed E-state index contributed by atoms with van der Waals surface area (Å²) in [5, 5.41) is 1.07. The van der Waals surface area contributed by atoms with Crippen LogP contribution < -0.4 is 5.56 Å². The molecule has 1 aromatic carbocycles. The van der Waals surface area contributed by atoms with Crippen molar-refractivity contribution in [1.29, 1.82) is 0 Å². The molecule has 2 aromatic rings. The molecule has 0 bridgehead atoms. The van der Waals surface area contributed by atoms with Gasteiger partial charge in [-0.2, -0.15) is 0 Å². The Morgan fingerprint density at radius 1 is 1.17 bits per heavy atom. The summed E-state index contributed by atoms with van der Waals surface area (Å²) in [7, 11) is 1.72. The van der Waals surface area contributed by atoms with E-state index in [4.69, 9.17) is 4.74 Å². The predicted octanol–water partition coefficient (Wildman–Crippen LogP) is 2.55. The highest BCUT2D eigenvalue weighted by molar-refractivity contribution is 5.80. The zero-order valence-corrected chi connectivity index (χ0v) is 17.4. The number of piperazine rings is 1. The molecule has 1 saturated carbocycles. The van der Waals surface area contributed by atoms with Crippen LogP contribution in [0.3, 0.4) is 0 Å². The number of pyridine rings is 1. The van der Waals surface area contributed by atoms with Crippen LogP contribution in [0, 0.1) is 5.92 Å². The average Bonchev–Trinajstić information content (AvgIpc) is 3.22. The third kappa shape index (κ3) is 4.23. The Hall–Kier alpha value is -2.18. The van der Waals surface area contributed by atoms with Gasteiger partial charge in [0, 0.05) is 50.9 Å². The van der Waals surface area contributed by atoms with E-state index >= 15 is 0 Å². The summed E-state index contributed by atoms with van der Waals surface area (Å²) in [6, 6.07) is 8.29. The molecule has 0 spiro atoms. The number of nitrogens with zero attached hydrogens (tertiary/aromatic N) is 2. The first-order chi connectivity index (χ1) is 14.1. The lowest BCUT2D eigenvalue weighted by Crippen LogP contribution is -2.50. The molecule has 0 unspecified atom stereocenters. The molecule has 2 aliphatic rings. The van der Waals surface area contributed by atoms with Crippen molar-refractivity contribution in [2.45, 2.75) is 45.3 Å². The number of rotatable bonds is 5. The molecule has 1 aliphatic heterocycles. The summed E-state index contributed by atoms with van der Waals surface area (Å²) >= 11 is 0. The number of hydrogen-bond donors (Lipinski definition) is 1. The van der Waals surface area contributed by atoms with Crippen molar-refractivity contribution in [3.05, 3.63) is 45.7 Å². The third-order valence-corrected chi connectivity index (χ3v) is 6.53. The Morgan fingerprint density at radius 3 is 2.69 bits per heavy atom. The minimum atomic E-state index is 0.00514. The highest BCUT2D eigenvalue weighted by Gasteiger charge is 2.36. The van der Waals surface area contributed by atoms with Crippen LogP contribution in [0.4, 0.5) is 0 Å². The van der Waals surface area contributed by atoms with E-state index < -0.39 is 0 Å². The quantitative estimate of drug-likeness (QED) is 0.842. The molecule has 1 aliphatic carbocycles. The van der Waals surface area contributed by atoms with E-state index in [0.29, 0.717) is 0 Å². The molecule has 1 saturated heterocycles. The zero-order valence-electron chi connectivity index (χ0n) is 17.4. The van der Waals surface area contributed by atoms with Crippen LogP contribution in [-0.2, 0) is 22.5 Å². The summed E-state index contributed by atoms with van der Waals surface area (Å²) < 4.78 is 5.51. The number of amides is 1. The second-order valence-corrected chi connectivity index (χ2v) is 8.31. The van der Waals surface area contributed by atoms with Gasteiger partial charge in [0.2, 0.25) is 5.91 Å². The fourth-order valence-electron chi connectivity index (χ4n) is 4.76. The fourth-order valence-corrected chi connectivity index (χ4v) is 4.76. The van der Waals surface area contributed by atoms with Gasteiger partial charge in [-0.25, -0.2) is 0 Å². The van der Waals surface area contributed by atoms with Crippen LogP contribution in [0.2, 0.25) is 0 Å². The molecule has 1 N–H and O–H groups in total. The maximum atomic E-state index is 12.9. The van der Waals surface area contributed by atoms with Crippen LogP contribution in [0.5, 0.6) is 0 Å². The maximum Gasteiger partial charge on any atom is 0.251 e. The number of carbonyl (C=O) groups excluding carboxylic acids is 1. The predicted molar refractivity (Wildman–Crippen MR) is 114 cm³/mol. The van der Waals surface area contributed by atoms with Gasteiger partial charge in [-0.05, 0) is 48.8 Å². The summed E-state index contributed by atoms with van der Waals surface area (Å²) in [4.78, 5) is 32.4. The summed E-state index contributed by atoms with van der Waals surface area (Å²) in [6.07, 6.45) is 3.86. The van der Waals surface area contributed by atoms with Gasteiger partial charge in [0.1, 0.15) is 0 Å². The van der Waals surface area contributed by atoms with Gasteiger partial charge in [-0.3, -0.25) is 14.5 Å². The van der Waals surface area contributed by atoms with Crippen molar-refractivity contribution >= 4 is 16.8 Å². The number of methoxy groups -OCH3 is 1. The number of carbonyl (C=O) groups is 1. The molecule has 1 amide bonds. The van der Waals surface area contributed by atoms with Crippen LogP contribution in [0.15, 0.2) is 29.1 Å². The van der Waals surface area contributed by atoms with Crippen LogP contribution in [0.1, 0.15) is 37.3 Å². The van der Waals surface area contributed by atoms with Gasteiger partial charge >= 0.3 is 0 Å². The van der Waals surface area contributed by atoms with Crippen molar-refractivity contribution in [1.82, 2.24) is 14.8 Å². The molecule has 2 heterocycles. The Balaban J connectivity index is 1.37. The third-order valence-electron chi connectivity index (χ3n) is 6.53. The van der Waals surface area contributed by atoms with E-state index in [-0.39, 0.29) is 23.5 Å². The highest BCUT2D eigenvalue weighted by Crippen LogP contribution is 2.30. The maximum absolute atomic E-state index is 12.9. The molecule has 1 aromatic heterocycles. The van der Waals surface area contributed by atoms with Gasteiger partial charge in [0.15, 0.2) is 0 Å². The SMILES string of the molecule is CCc1cc2ccc(CN3CCN(C(=O)[C@H]4CCC[C@H]4OC)CC3)cc2[nH]c1=O. The van der Waals surface area contributed by atoms with E-state index in [1.54, 1.807) is 7.11 Å². The second-order valence-electron chi connectivity index (χ2n) is 8.31. The first-order valence-corrected chi connectivity index (χ1v) is 10.8. The summed E-state index contributed by atoms with van der Waals surface area (Å²) in [5.74, 6) is 0.306. The van der Waals surface area contributed by atoms with Gasteiger partial charge in [-0.15, -0.1) is 0 Å². The van der Waals surface area contributed by atoms with Crippen molar-refractivity contribution < 1.29 is 9.53 Å². The number of aromatic nitrogens is 1. The van der Waals surface area contributed by atoms with Gasteiger partial charge in [0.25, 0.3) is 5.56 Å². The van der Waals surface area contributed by atoms with E-state index in [1.807, 2.05) is 17.9 Å². The van der Waals surface area contributed by atoms with Crippen LogP contribution in [0.25, 0.3) is 10.9 Å². The number of fused-ring (bicyclic) bond motifs is 1. The zero-order chi connectivity index (χ0) is 20.4. The topological polar surface area (TPSA) is 65.6 Å². The van der Waals surface area contributed by atoms with Crippen LogP contribution >= 0.6 is 0 Å².